The van der Waals surface area contributed by atoms with Crippen molar-refractivity contribution in [2.75, 3.05) is 0 Å². The van der Waals surface area contributed by atoms with Gasteiger partial charge in [0.05, 0.1) is 24.1 Å². The van der Waals surface area contributed by atoms with Gasteiger partial charge in [0.25, 0.3) is 0 Å². The smallest absolute Gasteiger partial charge is 0.309 e. The zero-order valence-corrected chi connectivity index (χ0v) is 10.9. The number of hydrogen-bond acceptors (Lipinski definition) is 2. The molecule has 1 aromatic carbocycles. The highest BCUT2D eigenvalue weighted by Gasteiger charge is 2.13. The molecule has 1 aromatic heterocycles. The molecule has 2 aromatic rings. The van der Waals surface area contributed by atoms with E-state index >= 15 is 0 Å². The van der Waals surface area contributed by atoms with Gasteiger partial charge in [-0.05, 0) is 31.5 Å². The first-order valence-electron chi connectivity index (χ1n) is 5.50. The monoisotopic (exact) mass is 264 g/mol. The Morgan fingerprint density at radius 3 is 2.78 bits per heavy atom. The minimum Gasteiger partial charge on any atom is -0.481 e. The summed E-state index contributed by atoms with van der Waals surface area (Å²) in [6, 6.07) is 5.61. The maximum absolute atomic E-state index is 10.9. The van der Waals surface area contributed by atoms with Crippen LogP contribution in [0.5, 0.6) is 0 Å². The number of aryl methyl sites for hydroxylation is 2. The minimum atomic E-state index is -0.877. The summed E-state index contributed by atoms with van der Waals surface area (Å²) in [5, 5.41) is 9.57. The van der Waals surface area contributed by atoms with Crippen molar-refractivity contribution in [2.24, 2.45) is 0 Å². The second kappa shape index (κ2) is 4.82. The van der Waals surface area contributed by atoms with Crippen LogP contribution in [0.25, 0.3) is 5.69 Å². The van der Waals surface area contributed by atoms with Gasteiger partial charge in [0.2, 0.25) is 0 Å². The predicted octanol–water partition coefficient (Wildman–Crippen LogP) is 2.77. The van der Waals surface area contributed by atoms with Crippen LogP contribution < -0.4 is 0 Å². The Kier molecular flexibility index (Phi) is 3.39. The molecular formula is C13H13ClN2O2. The van der Waals surface area contributed by atoms with Gasteiger partial charge in [-0.2, -0.15) is 0 Å². The highest BCUT2D eigenvalue weighted by atomic mass is 35.5. The molecule has 0 spiro atoms. The first kappa shape index (κ1) is 12.6. The molecule has 18 heavy (non-hydrogen) atoms. The number of benzene rings is 1. The molecule has 0 atom stereocenters. The van der Waals surface area contributed by atoms with Crippen molar-refractivity contribution >= 4 is 17.6 Å². The molecule has 0 radical (unpaired) electrons. The zero-order valence-electron chi connectivity index (χ0n) is 10.1. The van der Waals surface area contributed by atoms with Gasteiger partial charge in [0.1, 0.15) is 0 Å². The SMILES string of the molecule is Cc1ccc(-n2cnc(C)c2CC(=O)O)cc1Cl. The lowest BCUT2D eigenvalue weighted by Crippen LogP contribution is -2.07. The van der Waals surface area contributed by atoms with Crippen molar-refractivity contribution in [3.05, 3.63) is 46.5 Å². The van der Waals surface area contributed by atoms with E-state index in [1.165, 1.54) is 0 Å². The van der Waals surface area contributed by atoms with Crippen molar-refractivity contribution in [3.63, 3.8) is 0 Å². The fraction of sp³-hybridized carbons (Fsp3) is 0.231. The van der Waals surface area contributed by atoms with Gasteiger partial charge >= 0.3 is 5.97 Å². The summed E-state index contributed by atoms with van der Waals surface area (Å²) in [7, 11) is 0. The Morgan fingerprint density at radius 2 is 2.17 bits per heavy atom. The molecule has 0 aliphatic heterocycles. The van der Waals surface area contributed by atoms with Crippen LogP contribution in [0.3, 0.4) is 0 Å². The second-order valence-electron chi connectivity index (χ2n) is 4.15. The van der Waals surface area contributed by atoms with Gasteiger partial charge in [0, 0.05) is 10.7 Å². The highest BCUT2D eigenvalue weighted by molar-refractivity contribution is 6.31. The number of carboxylic acid groups (broad SMARTS) is 1. The summed E-state index contributed by atoms with van der Waals surface area (Å²) in [4.78, 5) is 15.0. The Morgan fingerprint density at radius 1 is 1.44 bits per heavy atom. The Hall–Kier alpha value is -1.81. The molecule has 0 amide bonds. The molecule has 0 saturated heterocycles. The van der Waals surface area contributed by atoms with E-state index in [4.69, 9.17) is 16.7 Å². The van der Waals surface area contributed by atoms with Crippen LogP contribution in [0, 0.1) is 13.8 Å². The quantitative estimate of drug-likeness (QED) is 0.927. The minimum absolute atomic E-state index is 0.0582. The van der Waals surface area contributed by atoms with Crippen molar-refractivity contribution in [2.45, 2.75) is 20.3 Å². The lowest BCUT2D eigenvalue weighted by molar-refractivity contribution is -0.136. The first-order chi connectivity index (χ1) is 8.49. The van der Waals surface area contributed by atoms with Crippen molar-refractivity contribution < 1.29 is 9.90 Å². The molecule has 94 valence electrons. The maximum atomic E-state index is 10.9. The van der Waals surface area contributed by atoms with Gasteiger partial charge in [0.15, 0.2) is 0 Å². The van der Waals surface area contributed by atoms with Gasteiger partial charge in [-0.3, -0.25) is 4.79 Å². The van der Waals surface area contributed by atoms with Gasteiger partial charge in [-0.1, -0.05) is 17.7 Å². The molecule has 1 N–H and O–H groups in total. The zero-order chi connectivity index (χ0) is 13.3. The molecule has 0 saturated carbocycles. The van der Waals surface area contributed by atoms with Crippen LogP contribution in [0.1, 0.15) is 17.0 Å². The van der Waals surface area contributed by atoms with E-state index in [0.29, 0.717) is 16.4 Å². The van der Waals surface area contributed by atoms with E-state index in [0.717, 1.165) is 11.3 Å². The van der Waals surface area contributed by atoms with E-state index < -0.39 is 5.97 Å². The van der Waals surface area contributed by atoms with E-state index in [2.05, 4.69) is 4.98 Å². The maximum Gasteiger partial charge on any atom is 0.309 e. The molecule has 2 rings (SSSR count). The Labute approximate surface area is 110 Å². The van der Waals surface area contributed by atoms with Crippen LogP contribution in [-0.2, 0) is 11.2 Å². The fourth-order valence-corrected chi connectivity index (χ4v) is 1.95. The first-order valence-corrected chi connectivity index (χ1v) is 5.88. The lowest BCUT2D eigenvalue weighted by Gasteiger charge is -2.09. The van der Waals surface area contributed by atoms with Crippen LogP contribution in [0.15, 0.2) is 24.5 Å². The third-order valence-electron chi connectivity index (χ3n) is 2.83. The van der Waals surface area contributed by atoms with Crippen LogP contribution in [-0.4, -0.2) is 20.6 Å². The summed E-state index contributed by atoms with van der Waals surface area (Å²) in [6.07, 6.45) is 1.56. The third kappa shape index (κ3) is 2.38. The number of aromatic nitrogens is 2. The molecule has 1 heterocycles. The molecule has 5 heteroatoms. The van der Waals surface area contributed by atoms with E-state index in [1.807, 2.05) is 25.1 Å². The third-order valence-corrected chi connectivity index (χ3v) is 3.23. The van der Waals surface area contributed by atoms with Crippen molar-refractivity contribution in [3.8, 4) is 5.69 Å². The van der Waals surface area contributed by atoms with Gasteiger partial charge in [-0.25, -0.2) is 4.98 Å². The molecule has 0 unspecified atom stereocenters. The topological polar surface area (TPSA) is 55.1 Å². The molecule has 0 aliphatic carbocycles. The molecule has 0 aliphatic rings. The van der Waals surface area contributed by atoms with Crippen molar-refractivity contribution in [1.82, 2.24) is 9.55 Å². The molecular weight excluding hydrogens is 252 g/mol. The largest absolute Gasteiger partial charge is 0.481 e. The number of hydrogen-bond donors (Lipinski definition) is 1. The van der Waals surface area contributed by atoms with Crippen LogP contribution >= 0.6 is 11.6 Å². The average molecular weight is 265 g/mol. The van der Waals surface area contributed by atoms with Crippen molar-refractivity contribution in [1.29, 1.82) is 0 Å². The second-order valence-corrected chi connectivity index (χ2v) is 4.56. The predicted molar refractivity (Wildman–Crippen MR) is 69.4 cm³/mol. The Bertz CT molecular complexity index is 605. The number of carboxylic acids is 1. The molecule has 0 fully saturated rings. The summed E-state index contributed by atoms with van der Waals surface area (Å²) in [6.45, 7) is 3.72. The molecule has 4 nitrogen and oxygen atoms in total. The number of imidazole rings is 1. The van der Waals surface area contributed by atoms with Gasteiger partial charge in [-0.15, -0.1) is 0 Å². The van der Waals surface area contributed by atoms with E-state index in [9.17, 15) is 4.79 Å². The van der Waals surface area contributed by atoms with E-state index in [1.54, 1.807) is 17.8 Å². The number of carbonyl (C=O) groups is 1. The summed E-state index contributed by atoms with van der Waals surface area (Å²) in [5.41, 5.74) is 3.19. The fourth-order valence-electron chi connectivity index (χ4n) is 1.77. The standard InChI is InChI=1S/C13H13ClN2O2/c1-8-3-4-10(5-11(8)14)16-7-15-9(2)12(16)6-13(17)18/h3-5,7H,6H2,1-2H3,(H,17,18). The number of halogens is 1. The summed E-state index contributed by atoms with van der Waals surface area (Å²) in [5.74, 6) is -0.877. The van der Waals surface area contributed by atoms with Gasteiger partial charge < -0.3 is 9.67 Å². The van der Waals surface area contributed by atoms with E-state index in [-0.39, 0.29) is 6.42 Å². The summed E-state index contributed by atoms with van der Waals surface area (Å²) >= 11 is 6.08. The number of aliphatic carboxylic acids is 1. The number of rotatable bonds is 3. The normalized spacial score (nSPS) is 10.6. The van der Waals surface area contributed by atoms with Crippen LogP contribution in [0.2, 0.25) is 5.02 Å². The molecule has 0 bridgehead atoms. The summed E-state index contributed by atoms with van der Waals surface area (Å²) < 4.78 is 1.76. The average Bonchev–Trinajstić information content (AvgIpc) is 2.64. The van der Waals surface area contributed by atoms with Crippen LogP contribution in [0.4, 0.5) is 0 Å². The number of nitrogens with zero attached hydrogens (tertiary/aromatic N) is 2. The Balaban J connectivity index is 2.50. The highest BCUT2D eigenvalue weighted by Crippen LogP contribution is 2.21. The lowest BCUT2D eigenvalue weighted by atomic mass is 10.2.